The second-order valence-corrected chi connectivity index (χ2v) is 6.03. The zero-order chi connectivity index (χ0) is 18.3. The number of thiophene rings is 1. The fraction of sp³-hybridized carbons (Fsp3) is 0.500. The van der Waals surface area contributed by atoms with E-state index in [4.69, 9.17) is 0 Å². The Labute approximate surface area is 148 Å². The van der Waals surface area contributed by atoms with Crippen molar-refractivity contribution in [2.24, 2.45) is 0 Å². The molecule has 0 aromatic carbocycles. The van der Waals surface area contributed by atoms with Crippen LogP contribution in [-0.4, -0.2) is 16.5 Å². The summed E-state index contributed by atoms with van der Waals surface area (Å²) in [5.74, 6) is 0.838. The van der Waals surface area contributed by atoms with Crippen LogP contribution in [0.1, 0.15) is 49.4 Å². The van der Waals surface area contributed by atoms with Gasteiger partial charge in [-0.15, -0.1) is 11.3 Å². The van der Waals surface area contributed by atoms with Gasteiger partial charge in [-0.3, -0.25) is 10.1 Å². The van der Waals surface area contributed by atoms with E-state index < -0.39 is 0 Å². The average Bonchev–Trinajstić information content (AvgIpc) is 3.05. The third-order valence-corrected chi connectivity index (χ3v) is 4.62. The Kier molecular flexibility index (Phi) is 7.85. The predicted octanol–water partition coefficient (Wildman–Crippen LogP) is 5.28. The highest BCUT2D eigenvalue weighted by atomic mass is 32.1. The van der Waals surface area contributed by atoms with Crippen molar-refractivity contribution in [3.8, 4) is 0 Å². The molecule has 0 unspecified atom stereocenters. The summed E-state index contributed by atoms with van der Waals surface area (Å²) in [7, 11) is 0. The third-order valence-electron chi connectivity index (χ3n) is 3.67. The van der Waals surface area contributed by atoms with Gasteiger partial charge in [-0.1, -0.05) is 27.7 Å². The van der Waals surface area contributed by atoms with Gasteiger partial charge in [-0.25, -0.2) is 4.98 Å². The van der Waals surface area contributed by atoms with Gasteiger partial charge in [-0.05, 0) is 43.3 Å². The maximum absolute atomic E-state index is 11.0. The zero-order valence-corrected chi connectivity index (χ0v) is 16.2. The minimum Gasteiger partial charge on any atom is -0.351 e. The molecule has 0 atom stereocenters. The number of nitro groups is 1. The van der Waals surface area contributed by atoms with Crippen LogP contribution in [0.5, 0.6) is 0 Å². The second-order valence-electron chi connectivity index (χ2n) is 5.03. The largest absolute Gasteiger partial charge is 0.351 e. The highest BCUT2D eigenvalue weighted by Gasteiger charge is 2.22. The molecule has 0 aliphatic carbocycles. The summed E-state index contributed by atoms with van der Waals surface area (Å²) in [5.41, 5.74) is 2.71. The number of fused-ring (bicyclic) bond motifs is 1. The monoisotopic (exact) mass is 349 g/mol. The number of hydrogen-bond acceptors (Lipinski definition) is 5. The molecule has 0 radical (unpaired) electrons. The molecule has 1 aliphatic rings. The highest BCUT2D eigenvalue weighted by molar-refractivity contribution is 7.10. The van der Waals surface area contributed by atoms with Crippen LogP contribution >= 0.6 is 11.3 Å². The Bertz CT molecular complexity index is 660. The molecule has 0 N–H and O–H groups in total. The van der Waals surface area contributed by atoms with Crippen molar-refractivity contribution < 1.29 is 4.92 Å². The van der Waals surface area contributed by atoms with Gasteiger partial charge in [0, 0.05) is 17.0 Å². The first-order valence-corrected chi connectivity index (χ1v) is 9.37. The Morgan fingerprint density at radius 1 is 1.25 bits per heavy atom. The number of aromatic nitrogens is 1. The summed E-state index contributed by atoms with van der Waals surface area (Å²) < 4.78 is 0. The Hall–Kier alpha value is -1.95. The molecule has 0 fully saturated rings. The van der Waals surface area contributed by atoms with Crippen LogP contribution < -0.4 is 4.90 Å². The minimum atomic E-state index is -0.352. The maximum atomic E-state index is 11.0. The Balaban J connectivity index is 0.000000671. The zero-order valence-electron chi connectivity index (χ0n) is 15.4. The minimum absolute atomic E-state index is 0.127. The molecule has 0 saturated heterocycles. The van der Waals surface area contributed by atoms with Crippen LogP contribution in [0.15, 0.2) is 17.5 Å². The Morgan fingerprint density at radius 2 is 1.92 bits per heavy atom. The molecular weight excluding hydrogens is 322 g/mol. The van der Waals surface area contributed by atoms with Crippen LogP contribution in [0.4, 0.5) is 11.5 Å². The maximum Gasteiger partial charge on any atom is 0.293 e. The van der Waals surface area contributed by atoms with Crippen LogP contribution in [0, 0.1) is 24.0 Å². The smallest absolute Gasteiger partial charge is 0.293 e. The molecule has 0 saturated carbocycles. The first kappa shape index (κ1) is 20.1. The van der Waals surface area contributed by atoms with Crippen LogP contribution in [0.3, 0.4) is 0 Å². The van der Waals surface area contributed by atoms with Crippen molar-refractivity contribution >= 4 is 22.8 Å². The van der Waals surface area contributed by atoms with E-state index in [2.05, 4.69) is 21.3 Å². The summed E-state index contributed by atoms with van der Waals surface area (Å²) >= 11 is 1.76. The number of nitrogens with zero attached hydrogens (tertiary/aromatic N) is 3. The summed E-state index contributed by atoms with van der Waals surface area (Å²) in [6, 6.07) is 4.00. The van der Waals surface area contributed by atoms with E-state index in [1.54, 1.807) is 25.2 Å². The van der Waals surface area contributed by atoms with Crippen molar-refractivity contribution in [3.63, 3.8) is 0 Å². The lowest BCUT2D eigenvalue weighted by Gasteiger charge is -2.28. The van der Waals surface area contributed by atoms with Crippen molar-refractivity contribution in [2.75, 3.05) is 11.4 Å². The average molecular weight is 350 g/mol. The van der Waals surface area contributed by atoms with Gasteiger partial charge in [-0.2, -0.15) is 0 Å². The molecule has 0 amide bonds. The molecule has 2 aromatic rings. The highest BCUT2D eigenvalue weighted by Crippen LogP contribution is 2.30. The molecule has 6 heteroatoms. The van der Waals surface area contributed by atoms with E-state index in [1.807, 2.05) is 33.8 Å². The number of aryl methyl sites for hydroxylation is 2. The summed E-state index contributed by atoms with van der Waals surface area (Å²) in [5, 5.41) is 13.1. The van der Waals surface area contributed by atoms with E-state index >= 15 is 0 Å². The number of rotatable bonds is 2. The first-order chi connectivity index (χ1) is 11.6. The van der Waals surface area contributed by atoms with Crippen LogP contribution in [0.2, 0.25) is 0 Å². The van der Waals surface area contributed by atoms with Gasteiger partial charge < -0.3 is 4.90 Å². The van der Waals surface area contributed by atoms with Crippen molar-refractivity contribution in [1.82, 2.24) is 4.98 Å². The van der Waals surface area contributed by atoms with Crippen molar-refractivity contribution in [2.45, 2.75) is 54.5 Å². The molecule has 0 bridgehead atoms. The van der Waals surface area contributed by atoms with Crippen molar-refractivity contribution in [3.05, 3.63) is 49.3 Å². The molecule has 5 nitrogen and oxygen atoms in total. The second kappa shape index (κ2) is 9.37. The SMILES string of the molecule is CC.CC.Cc1cc(N2CCc3ccsc3C2)nc(C)c1[N+](=O)[O-]. The molecule has 3 rings (SSSR count). The van der Waals surface area contributed by atoms with Crippen LogP contribution in [-0.2, 0) is 13.0 Å². The molecule has 0 spiro atoms. The molecule has 2 aromatic heterocycles. The van der Waals surface area contributed by atoms with E-state index in [-0.39, 0.29) is 10.6 Å². The van der Waals surface area contributed by atoms with Crippen molar-refractivity contribution in [1.29, 1.82) is 0 Å². The molecule has 24 heavy (non-hydrogen) atoms. The third kappa shape index (κ3) is 4.32. The van der Waals surface area contributed by atoms with Gasteiger partial charge in [0.15, 0.2) is 0 Å². The van der Waals surface area contributed by atoms with Gasteiger partial charge in [0.1, 0.15) is 11.5 Å². The predicted molar refractivity (Wildman–Crippen MR) is 102 cm³/mol. The van der Waals surface area contributed by atoms with Gasteiger partial charge in [0.05, 0.1) is 11.5 Å². The van der Waals surface area contributed by atoms with Crippen LogP contribution in [0.25, 0.3) is 0 Å². The first-order valence-electron chi connectivity index (χ1n) is 8.49. The summed E-state index contributed by atoms with van der Waals surface area (Å²) in [4.78, 5) is 18.6. The number of hydrogen-bond donors (Lipinski definition) is 0. The molecule has 3 heterocycles. The summed E-state index contributed by atoms with van der Waals surface area (Å²) in [6.07, 6.45) is 1.01. The van der Waals surface area contributed by atoms with E-state index in [0.29, 0.717) is 11.3 Å². The normalized spacial score (nSPS) is 12.3. The van der Waals surface area contributed by atoms with E-state index in [9.17, 15) is 10.1 Å². The molecule has 132 valence electrons. The summed E-state index contributed by atoms with van der Waals surface area (Å²) in [6.45, 7) is 13.2. The topological polar surface area (TPSA) is 59.3 Å². The van der Waals surface area contributed by atoms with E-state index in [1.165, 1.54) is 10.4 Å². The van der Waals surface area contributed by atoms with Gasteiger partial charge in [0.2, 0.25) is 0 Å². The fourth-order valence-corrected chi connectivity index (χ4v) is 3.62. The molecular formula is C18H27N3O2S. The lowest BCUT2D eigenvalue weighted by molar-refractivity contribution is -0.386. The lowest BCUT2D eigenvalue weighted by atomic mass is 10.1. The number of pyridine rings is 1. The lowest BCUT2D eigenvalue weighted by Crippen LogP contribution is -2.30. The fourth-order valence-electron chi connectivity index (χ4n) is 2.67. The quantitative estimate of drug-likeness (QED) is 0.546. The van der Waals surface area contributed by atoms with Gasteiger partial charge >= 0.3 is 0 Å². The Morgan fingerprint density at radius 3 is 2.50 bits per heavy atom. The number of anilines is 1. The van der Waals surface area contributed by atoms with E-state index in [0.717, 1.165) is 25.3 Å². The standard InChI is InChI=1S/C14H15N3O2S.2C2H6/c1-9-7-13(15-10(2)14(9)17(18)19)16-5-3-11-4-6-20-12(11)8-16;2*1-2/h4,6-7H,3,5,8H2,1-2H3;2*1-2H3. The molecule has 1 aliphatic heterocycles. The van der Waals surface area contributed by atoms with Gasteiger partial charge in [0.25, 0.3) is 5.69 Å².